The molecule has 0 heterocycles. The summed E-state index contributed by atoms with van der Waals surface area (Å²) in [6, 6.07) is 0. The summed E-state index contributed by atoms with van der Waals surface area (Å²) in [6.07, 6.45) is 20.9. The van der Waals surface area contributed by atoms with E-state index in [0.717, 1.165) is 19.3 Å². The van der Waals surface area contributed by atoms with Crippen LogP contribution in [0.5, 0.6) is 0 Å². The van der Waals surface area contributed by atoms with Crippen LogP contribution < -0.4 is 0 Å². The Kier molecular flexibility index (Phi) is 22.0. The molecule has 0 amide bonds. The summed E-state index contributed by atoms with van der Waals surface area (Å²) in [6.45, 7) is 3.80. The third kappa shape index (κ3) is 24.2. The normalized spacial score (nSPS) is 12.8. The van der Waals surface area contributed by atoms with Gasteiger partial charge >= 0.3 is 13.8 Å². The van der Waals surface area contributed by atoms with Crippen molar-refractivity contribution in [3.05, 3.63) is 0 Å². The zero-order chi connectivity index (χ0) is 23.9. The van der Waals surface area contributed by atoms with Gasteiger partial charge in [-0.15, -0.1) is 0 Å². The van der Waals surface area contributed by atoms with E-state index in [4.69, 9.17) is 19.3 Å². The van der Waals surface area contributed by atoms with Crippen LogP contribution in [-0.2, 0) is 23.4 Å². The molecule has 7 nitrogen and oxygen atoms in total. The molecule has 0 aromatic heterocycles. The Morgan fingerprint density at radius 3 is 1.50 bits per heavy atom. The largest absolute Gasteiger partial charge is 0.472 e. The molecule has 1 unspecified atom stereocenters. The molecule has 192 valence electrons. The van der Waals surface area contributed by atoms with E-state index in [-0.39, 0.29) is 13.2 Å². The number of hydrogen-bond donors (Lipinski definition) is 2. The van der Waals surface area contributed by atoms with Crippen LogP contribution in [0.1, 0.15) is 129 Å². The quantitative estimate of drug-likeness (QED) is 0.0661. The van der Waals surface area contributed by atoms with E-state index in [9.17, 15) is 9.36 Å². The van der Waals surface area contributed by atoms with E-state index in [1.54, 1.807) is 6.92 Å². The number of ether oxygens (including phenoxy) is 2. The van der Waals surface area contributed by atoms with Crippen molar-refractivity contribution in [2.75, 3.05) is 13.2 Å². The van der Waals surface area contributed by atoms with Gasteiger partial charge in [-0.1, -0.05) is 110 Å². The molecule has 1 atom stereocenters. The lowest BCUT2D eigenvalue weighted by Gasteiger charge is -2.17. The summed E-state index contributed by atoms with van der Waals surface area (Å²) in [5.41, 5.74) is 0. The Bertz CT molecular complexity index is 467. The van der Waals surface area contributed by atoms with Gasteiger partial charge in [0.25, 0.3) is 0 Å². The first-order valence-corrected chi connectivity index (χ1v) is 14.4. The van der Waals surface area contributed by atoms with E-state index in [0.29, 0.717) is 6.42 Å². The lowest BCUT2D eigenvalue weighted by molar-refractivity contribution is -0.162. The van der Waals surface area contributed by atoms with Crippen LogP contribution in [0.2, 0.25) is 0 Å². The van der Waals surface area contributed by atoms with Crippen LogP contribution in [0.4, 0.5) is 0 Å². The van der Waals surface area contributed by atoms with Crippen molar-refractivity contribution >= 4 is 13.8 Å². The monoisotopic (exact) mass is 480 g/mol. The van der Waals surface area contributed by atoms with Crippen molar-refractivity contribution in [3.8, 4) is 0 Å². The zero-order valence-electron chi connectivity index (χ0n) is 20.6. The van der Waals surface area contributed by atoms with Gasteiger partial charge < -0.3 is 19.3 Å². The Morgan fingerprint density at radius 2 is 1.12 bits per heavy atom. The van der Waals surface area contributed by atoms with Crippen LogP contribution in [-0.4, -0.2) is 35.3 Å². The lowest BCUT2D eigenvalue weighted by Crippen LogP contribution is -2.24. The predicted molar refractivity (Wildman–Crippen MR) is 128 cm³/mol. The van der Waals surface area contributed by atoms with Crippen molar-refractivity contribution in [3.63, 3.8) is 0 Å². The molecule has 0 bridgehead atoms. The first-order chi connectivity index (χ1) is 15.4. The SMILES string of the molecule is CCCCCCCCCCCCCCCCCCCC(=O)OCC(OCC)OP(=O)(O)O. The van der Waals surface area contributed by atoms with E-state index in [2.05, 4.69) is 11.4 Å². The highest BCUT2D eigenvalue weighted by Crippen LogP contribution is 2.37. The summed E-state index contributed by atoms with van der Waals surface area (Å²) in [4.78, 5) is 29.4. The van der Waals surface area contributed by atoms with E-state index in [1.165, 1.54) is 89.9 Å². The minimum absolute atomic E-state index is 0.196. The van der Waals surface area contributed by atoms with E-state index < -0.39 is 20.1 Å². The maximum absolute atomic E-state index is 11.8. The molecule has 0 aromatic rings. The number of rotatable bonds is 24. The molecule has 0 aromatic carbocycles. The molecule has 0 radical (unpaired) electrons. The highest BCUT2D eigenvalue weighted by Gasteiger charge is 2.23. The average Bonchev–Trinajstić information content (AvgIpc) is 2.73. The topological polar surface area (TPSA) is 102 Å². The summed E-state index contributed by atoms with van der Waals surface area (Å²) in [5.74, 6) is -0.398. The molecular formula is C24H49O7P. The Hall–Kier alpha value is -0.460. The number of hydrogen-bond acceptors (Lipinski definition) is 5. The summed E-state index contributed by atoms with van der Waals surface area (Å²) in [7, 11) is -4.68. The second-order valence-corrected chi connectivity index (χ2v) is 9.76. The summed E-state index contributed by atoms with van der Waals surface area (Å²) >= 11 is 0. The molecule has 0 saturated heterocycles. The minimum atomic E-state index is -4.68. The number of phosphoric ester groups is 1. The van der Waals surface area contributed by atoms with Crippen molar-refractivity contribution in [2.24, 2.45) is 0 Å². The van der Waals surface area contributed by atoms with Crippen molar-refractivity contribution in [1.29, 1.82) is 0 Å². The fraction of sp³-hybridized carbons (Fsp3) is 0.958. The molecule has 0 saturated carbocycles. The minimum Gasteiger partial charge on any atom is -0.460 e. The van der Waals surface area contributed by atoms with Gasteiger partial charge in [-0.2, -0.15) is 0 Å². The van der Waals surface area contributed by atoms with E-state index in [1.807, 2.05) is 0 Å². The van der Waals surface area contributed by atoms with Crippen LogP contribution >= 0.6 is 7.82 Å². The Morgan fingerprint density at radius 1 is 0.719 bits per heavy atom. The zero-order valence-corrected chi connectivity index (χ0v) is 21.5. The van der Waals surface area contributed by atoms with Gasteiger partial charge in [0.15, 0.2) is 0 Å². The fourth-order valence-corrected chi connectivity index (χ4v) is 4.10. The maximum Gasteiger partial charge on any atom is 0.472 e. The summed E-state index contributed by atoms with van der Waals surface area (Å²) < 4.78 is 25.3. The van der Waals surface area contributed by atoms with E-state index >= 15 is 0 Å². The van der Waals surface area contributed by atoms with Gasteiger partial charge in [0.1, 0.15) is 6.61 Å². The maximum atomic E-state index is 11.8. The molecule has 2 N–H and O–H groups in total. The molecule has 0 fully saturated rings. The third-order valence-corrected chi connectivity index (χ3v) is 5.98. The lowest BCUT2D eigenvalue weighted by atomic mass is 10.0. The third-order valence-electron chi connectivity index (χ3n) is 5.47. The van der Waals surface area contributed by atoms with Crippen LogP contribution in [0.25, 0.3) is 0 Å². The van der Waals surface area contributed by atoms with Gasteiger partial charge in [-0.05, 0) is 13.3 Å². The molecule has 8 heteroatoms. The number of carbonyl (C=O) groups excluding carboxylic acids is 1. The highest BCUT2D eigenvalue weighted by atomic mass is 31.2. The number of carbonyl (C=O) groups is 1. The number of phosphoric acid groups is 1. The molecule has 0 aliphatic rings. The van der Waals surface area contributed by atoms with Crippen molar-refractivity contribution < 1.29 is 33.1 Å². The van der Waals surface area contributed by atoms with Crippen LogP contribution in [0.15, 0.2) is 0 Å². The van der Waals surface area contributed by atoms with Gasteiger partial charge in [0.2, 0.25) is 6.29 Å². The van der Waals surface area contributed by atoms with Gasteiger partial charge in [0, 0.05) is 13.0 Å². The van der Waals surface area contributed by atoms with Gasteiger partial charge in [-0.25, -0.2) is 4.57 Å². The second-order valence-electron chi connectivity index (χ2n) is 8.57. The number of unbranched alkanes of at least 4 members (excludes halogenated alkanes) is 16. The van der Waals surface area contributed by atoms with Crippen molar-refractivity contribution in [2.45, 2.75) is 136 Å². The standard InChI is InChI=1S/C24H49O7P/c1-3-5-6-7-8-9-10-11-12-13-14-15-16-17-18-19-20-21-23(25)30-22-24(29-4-2)31-32(26,27)28/h24H,3-22H2,1-2H3,(H2,26,27,28). The molecule has 0 rings (SSSR count). The summed E-state index contributed by atoms with van der Waals surface area (Å²) in [5, 5.41) is 0. The smallest absolute Gasteiger partial charge is 0.460 e. The second kappa shape index (κ2) is 22.3. The highest BCUT2D eigenvalue weighted by molar-refractivity contribution is 7.46. The fourth-order valence-electron chi connectivity index (χ4n) is 3.68. The van der Waals surface area contributed by atoms with Gasteiger partial charge in [0.05, 0.1) is 0 Å². The molecule has 0 aliphatic heterocycles. The predicted octanol–water partition coefficient (Wildman–Crippen LogP) is 7.04. The molecule has 32 heavy (non-hydrogen) atoms. The first kappa shape index (κ1) is 31.5. The Labute approximate surface area is 196 Å². The van der Waals surface area contributed by atoms with Gasteiger partial charge in [-0.3, -0.25) is 9.32 Å². The molecular weight excluding hydrogens is 431 g/mol. The number of esters is 1. The van der Waals surface area contributed by atoms with Crippen LogP contribution in [0, 0.1) is 0 Å². The Balaban J connectivity index is 3.40. The molecule has 0 spiro atoms. The molecule has 0 aliphatic carbocycles. The first-order valence-electron chi connectivity index (χ1n) is 12.9. The average molecular weight is 481 g/mol. The van der Waals surface area contributed by atoms with Crippen LogP contribution in [0.3, 0.4) is 0 Å². The van der Waals surface area contributed by atoms with Crippen molar-refractivity contribution in [1.82, 2.24) is 0 Å².